The van der Waals surface area contributed by atoms with E-state index in [9.17, 15) is 13.9 Å². The minimum atomic E-state index is -1.05. The molecular formula is C16H15BrF2O2. The van der Waals surface area contributed by atoms with Crippen LogP contribution in [0.1, 0.15) is 23.7 Å². The summed E-state index contributed by atoms with van der Waals surface area (Å²) in [6, 6.07) is 9.46. The SMILES string of the molecule is COc1ccc(CCC(O)c2cc(F)c(Br)cc2F)cc1. The van der Waals surface area contributed by atoms with E-state index in [0.717, 1.165) is 23.4 Å². The van der Waals surface area contributed by atoms with Gasteiger partial charge in [-0.15, -0.1) is 0 Å². The van der Waals surface area contributed by atoms with Crippen molar-refractivity contribution in [2.75, 3.05) is 7.11 Å². The molecule has 0 bridgehead atoms. The van der Waals surface area contributed by atoms with Gasteiger partial charge in [0.2, 0.25) is 0 Å². The second-order valence-electron chi connectivity index (χ2n) is 4.69. The highest BCUT2D eigenvalue weighted by Crippen LogP contribution is 2.27. The standard InChI is InChI=1S/C16H15BrF2O2/c1-21-11-5-2-10(3-6-11)4-7-16(20)12-8-15(19)13(17)9-14(12)18/h2-3,5-6,8-9,16,20H,4,7H2,1H3. The van der Waals surface area contributed by atoms with Crippen LogP contribution in [0.5, 0.6) is 5.75 Å². The first kappa shape index (κ1) is 15.9. The van der Waals surface area contributed by atoms with Crippen LogP contribution in [0, 0.1) is 11.6 Å². The summed E-state index contributed by atoms with van der Waals surface area (Å²) >= 11 is 2.91. The minimum Gasteiger partial charge on any atom is -0.497 e. The third kappa shape index (κ3) is 4.02. The van der Waals surface area contributed by atoms with Crippen molar-refractivity contribution < 1.29 is 18.6 Å². The molecule has 1 N–H and O–H groups in total. The molecule has 2 aromatic rings. The van der Waals surface area contributed by atoms with Gasteiger partial charge in [0.1, 0.15) is 17.4 Å². The largest absolute Gasteiger partial charge is 0.497 e. The van der Waals surface area contributed by atoms with Crippen LogP contribution in [0.15, 0.2) is 40.9 Å². The van der Waals surface area contributed by atoms with Gasteiger partial charge in [0.25, 0.3) is 0 Å². The van der Waals surface area contributed by atoms with Crippen molar-refractivity contribution in [3.05, 3.63) is 63.6 Å². The Morgan fingerprint density at radius 1 is 1.14 bits per heavy atom. The Balaban J connectivity index is 2.04. The second kappa shape index (κ2) is 7.00. The summed E-state index contributed by atoms with van der Waals surface area (Å²) in [6.45, 7) is 0. The van der Waals surface area contributed by atoms with Crippen molar-refractivity contribution in [1.82, 2.24) is 0 Å². The van der Waals surface area contributed by atoms with Gasteiger partial charge in [0, 0.05) is 5.56 Å². The molecule has 0 spiro atoms. The van der Waals surface area contributed by atoms with Crippen molar-refractivity contribution in [3.63, 3.8) is 0 Å². The first-order valence-corrected chi connectivity index (χ1v) is 7.26. The lowest BCUT2D eigenvalue weighted by Crippen LogP contribution is -2.03. The van der Waals surface area contributed by atoms with Gasteiger partial charge in [0.05, 0.1) is 17.7 Å². The highest BCUT2D eigenvalue weighted by molar-refractivity contribution is 9.10. The molecule has 0 saturated heterocycles. The maximum Gasteiger partial charge on any atom is 0.137 e. The molecule has 0 fully saturated rings. The van der Waals surface area contributed by atoms with Gasteiger partial charge in [0.15, 0.2) is 0 Å². The van der Waals surface area contributed by atoms with E-state index in [-0.39, 0.29) is 10.0 Å². The Hall–Kier alpha value is -1.46. The zero-order chi connectivity index (χ0) is 15.4. The third-order valence-electron chi connectivity index (χ3n) is 3.26. The smallest absolute Gasteiger partial charge is 0.137 e. The third-order valence-corrected chi connectivity index (χ3v) is 3.87. The fraction of sp³-hybridized carbons (Fsp3) is 0.250. The summed E-state index contributed by atoms with van der Waals surface area (Å²) in [5.74, 6) is -0.458. The quantitative estimate of drug-likeness (QED) is 0.804. The molecular weight excluding hydrogens is 342 g/mol. The number of ether oxygens (including phenoxy) is 1. The van der Waals surface area contributed by atoms with Crippen LogP contribution in [-0.2, 0) is 6.42 Å². The van der Waals surface area contributed by atoms with Gasteiger partial charge in [-0.25, -0.2) is 8.78 Å². The van der Waals surface area contributed by atoms with Crippen LogP contribution in [0.3, 0.4) is 0 Å². The number of aliphatic hydroxyl groups is 1. The van der Waals surface area contributed by atoms with Crippen LogP contribution in [0.4, 0.5) is 8.78 Å². The zero-order valence-corrected chi connectivity index (χ0v) is 13.0. The lowest BCUT2D eigenvalue weighted by molar-refractivity contribution is 0.162. The van der Waals surface area contributed by atoms with E-state index in [1.165, 1.54) is 0 Å². The summed E-state index contributed by atoms with van der Waals surface area (Å²) < 4.78 is 32.3. The van der Waals surface area contributed by atoms with Gasteiger partial charge in [-0.1, -0.05) is 12.1 Å². The predicted octanol–water partition coefficient (Wildman–Crippen LogP) is 4.40. The van der Waals surface area contributed by atoms with Crippen molar-refractivity contribution in [2.24, 2.45) is 0 Å². The number of aliphatic hydroxyl groups excluding tert-OH is 1. The van der Waals surface area contributed by atoms with Gasteiger partial charge in [-0.05, 0) is 58.6 Å². The predicted molar refractivity (Wildman–Crippen MR) is 80.3 cm³/mol. The van der Waals surface area contributed by atoms with Gasteiger partial charge >= 0.3 is 0 Å². The number of hydrogen-bond acceptors (Lipinski definition) is 2. The minimum absolute atomic E-state index is 0.0239. The molecule has 0 saturated carbocycles. The van der Waals surface area contributed by atoms with Crippen molar-refractivity contribution in [2.45, 2.75) is 18.9 Å². The van der Waals surface area contributed by atoms with Crippen LogP contribution in [0.2, 0.25) is 0 Å². The zero-order valence-electron chi connectivity index (χ0n) is 11.4. The van der Waals surface area contributed by atoms with E-state index in [2.05, 4.69) is 15.9 Å². The van der Waals surface area contributed by atoms with E-state index in [1.807, 2.05) is 24.3 Å². The molecule has 0 aliphatic rings. The molecule has 2 nitrogen and oxygen atoms in total. The van der Waals surface area contributed by atoms with E-state index in [4.69, 9.17) is 4.74 Å². The number of aryl methyl sites for hydroxylation is 1. The Morgan fingerprint density at radius 2 is 1.81 bits per heavy atom. The van der Waals surface area contributed by atoms with Crippen LogP contribution in [0.25, 0.3) is 0 Å². The molecule has 1 atom stereocenters. The summed E-state index contributed by atoms with van der Waals surface area (Å²) in [4.78, 5) is 0. The Labute approximate surface area is 130 Å². The van der Waals surface area contributed by atoms with E-state index in [0.29, 0.717) is 12.8 Å². The molecule has 0 radical (unpaired) electrons. The molecule has 0 aliphatic carbocycles. The molecule has 0 heterocycles. The maximum absolute atomic E-state index is 13.7. The molecule has 0 amide bonds. The molecule has 112 valence electrons. The van der Waals surface area contributed by atoms with E-state index in [1.54, 1.807) is 7.11 Å². The summed E-state index contributed by atoms with van der Waals surface area (Å²) in [6.07, 6.45) is -0.179. The second-order valence-corrected chi connectivity index (χ2v) is 5.54. The molecule has 0 aromatic heterocycles. The molecule has 0 aliphatic heterocycles. The lowest BCUT2D eigenvalue weighted by Gasteiger charge is -2.13. The highest BCUT2D eigenvalue weighted by Gasteiger charge is 2.16. The molecule has 21 heavy (non-hydrogen) atoms. The summed E-state index contributed by atoms with van der Waals surface area (Å²) in [5.41, 5.74) is 0.969. The highest BCUT2D eigenvalue weighted by atomic mass is 79.9. The van der Waals surface area contributed by atoms with Crippen LogP contribution >= 0.6 is 15.9 Å². The average molecular weight is 357 g/mol. The first-order chi connectivity index (χ1) is 10.0. The summed E-state index contributed by atoms with van der Waals surface area (Å²) in [7, 11) is 1.59. The number of benzene rings is 2. The number of halogens is 3. The van der Waals surface area contributed by atoms with E-state index >= 15 is 0 Å². The van der Waals surface area contributed by atoms with Crippen LogP contribution < -0.4 is 4.74 Å². The fourth-order valence-corrected chi connectivity index (χ4v) is 2.36. The van der Waals surface area contributed by atoms with E-state index < -0.39 is 17.7 Å². The lowest BCUT2D eigenvalue weighted by atomic mass is 10.0. The average Bonchev–Trinajstić information content (AvgIpc) is 2.49. The van der Waals surface area contributed by atoms with Crippen molar-refractivity contribution >= 4 is 15.9 Å². The number of rotatable bonds is 5. The summed E-state index contributed by atoms with van der Waals surface area (Å²) in [5, 5.41) is 10.0. The van der Waals surface area contributed by atoms with Gasteiger partial charge < -0.3 is 9.84 Å². The van der Waals surface area contributed by atoms with Gasteiger partial charge in [-0.3, -0.25) is 0 Å². The Bertz CT molecular complexity index is 614. The molecule has 5 heteroatoms. The normalized spacial score (nSPS) is 12.2. The maximum atomic E-state index is 13.7. The van der Waals surface area contributed by atoms with Crippen molar-refractivity contribution in [3.8, 4) is 5.75 Å². The van der Waals surface area contributed by atoms with Gasteiger partial charge in [-0.2, -0.15) is 0 Å². The molecule has 2 aromatic carbocycles. The molecule has 1 unspecified atom stereocenters. The first-order valence-electron chi connectivity index (χ1n) is 6.46. The number of hydrogen-bond donors (Lipinski definition) is 1. The monoisotopic (exact) mass is 356 g/mol. The van der Waals surface area contributed by atoms with Crippen LogP contribution in [-0.4, -0.2) is 12.2 Å². The Kier molecular flexibility index (Phi) is 5.31. The Morgan fingerprint density at radius 3 is 2.43 bits per heavy atom. The molecule has 2 rings (SSSR count). The van der Waals surface area contributed by atoms with Crippen molar-refractivity contribution in [1.29, 1.82) is 0 Å². The topological polar surface area (TPSA) is 29.5 Å². The number of methoxy groups -OCH3 is 1. The fourth-order valence-electron chi connectivity index (χ4n) is 2.04.